The van der Waals surface area contributed by atoms with Crippen molar-refractivity contribution in [1.82, 2.24) is 4.98 Å². The third-order valence-corrected chi connectivity index (χ3v) is 6.44. The number of para-hydroxylation sites is 1. The van der Waals surface area contributed by atoms with Gasteiger partial charge in [0.15, 0.2) is 9.78 Å². The van der Waals surface area contributed by atoms with Gasteiger partial charge in [-0.05, 0) is 42.1 Å². The molecule has 0 saturated carbocycles. The number of nitrogens with zero attached hydrogens (tertiary/aromatic N) is 1. The van der Waals surface area contributed by atoms with E-state index in [4.69, 9.17) is 16.3 Å². The van der Waals surface area contributed by atoms with Crippen LogP contribution in [0.5, 0.6) is 0 Å². The van der Waals surface area contributed by atoms with Crippen molar-refractivity contribution in [3.63, 3.8) is 0 Å². The summed E-state index contributed by atoms with van der Waals surface area (Å²) in [5.41, 5.74) is 1.58. The molecule has 0 N–H and O–H groups in total. The van der Waals surface area contributed by atoms with Crippen LogP contribution in [0.25, 0.3) is 10.2 Å². The van der Waals surface area contributed by atoms with Crippen LogP contribution in [0, 0.1) is 0 Å². The Morgan fingerprint density at radius 3 is 2.44 bits per heavy atom. The van der Waals surface area contributed by atoms with Crippen molar-refractivity contribution in [3.05, 3.63) is 95.0 Å². The number of ether oxygens (including phenoxy) is 1. The maximum atomic E-state index is 12.6. The Balaban J connectivity index is 1.65. The monoisotopic (exact) mass is 411 g/mol. The van der Waals surface area contributed by atoms with Crippen molar-refractivity contribution >= 4 is 50.9 Å². The summed E-state index contributed by atoms with van der Waals surface area (Å²) < 4.78 is 7.72. The van der Waals surface area contributed by atoms with Crippen molar-refractivity contribution in [2.75, 3.05) is 0 Å². The van der Waals surface area contributed by atoms with Gasteiger partial charge >= 0.3 is 5.97 Å². The standard InChI is InChI=1S/C21H14ClNO2S2/c22-16-11-5-4-10-15(16)20(25-19(24)14-8-2-1-3-9-14)27-21-23-17-12-6-7-13-18(17)26-21/h1-13,20H. The highest BCUT2D eigenvalue weighted by Gasteiger charge is 2.23. The summed E-state index contributed by atoms with van der Waals surface area (Å²) in [7, 11) is 0. The summed E-state index contributed by atoms with van der Waals surface area (Å²) in [5.74, 6) is -0.394. The average Bonchev–Trinajstić information content (AvgIpc) is 3.11. The highest BCUT2D eigenvalue weighted by atomic mass is 35.5. The molecule has 0 aliphatic heterocycles. The minimum atomic E-state index is -0.591. The number of halogens is 1. The van der Waals surface area contributed by atoms with Gasteiger partial charge in [-0.2, -0.15) is 0 Å². The van der Waals surface area contributed by atoms with Crippen LogP contribution in [-0.4, -0.2) is 11.0 Å². The first-order chi connectivity index (χ1) is 13.2. The molecule has 0 spiro atoms. The van der Waals surface area contributed by atoms with Gasteiger partial charge in [-0.1, -0.05) is 60.1 Å². The summed E-state index contributed by atoms with van der Waals surface area (Å²) in [5, 5.41) is 0.553. The van der Waals surface area contributed by atoms with Gasteiger partial charge in [0.1, 0.15) is 0 Å². The summed E-state index contributed by atoms with van der Waals surface area (Å²) in [6, 6.07) is 24.3. The number of thiazole rings is 1. The maximum absolute atomic E-state index is 12.6. The zero-order valence-corrected chi connectivity index (χ0v) is 16.4. The fraction of sp³-hybridized carbons (Fsp3) is 0.0476. The van der Waals surface area contributed by atoms with E-state index in [1.165, 1.54) is 11.8 Å². The van der Waals surface area contributed by atoms with Crippen molar-refractivity contribution in [1.29, 1.82) is 0 Å². The molecule has 3 nitrogen and oxygen atoms in total. The zero-order chi connectivity index (χ0) is 18.6. The van der Waals surface area contributed by atoms with Crippen LogP contribution in [0.4, 0.5) is 0 Å². The van der Waals surface area contributed by atoms with E-state index in [0.717, 1.165) is 20.1 Å². The summed E-state index contributed by atoms with van der Waals surface area (Å²) in [4.78, 5) is 17.2. The third-order valence-electron chi connectivity index (χ3n) is 3.86. The SMILES string of the molecule is O=C(OC(Sc1nc2ccccc2s1)c1ccccc1Cl)c1ccccc1. The maximum Gasteiger partial charge on any atom is 0.339 e. The Labute approximate surface area is 170 Å². The number of aromatic nitrogens is 1. The normalized spacial score (nSPS) is 12.0. The number of esters is 1. The molecule has 0 fully saturated rings. The predicted molar refractivity (Wildman–Crippen MR) is 112 cm³/mol. The van der Waals surface area contributed by atoms with Crippen LogP contribution >= 0.6 is 34.7 Å². The molecule has 0 aliphatic rings. The first kappa shape index (κ1) is 18.0. The number of rotatable bonds is 5. The van der Waals surface area contributed by atoms with E-state index in [1.54, 1.807) is 29.5 Å². The third kappa shape index (κ3) is 4.16. The number of carbonyl (C=O) groups is 1. The fourth-order valence-corrected chi connectivity index (χ4v) is 5.07. The van der Waals surface area contributed by atoms with Gasteiger partial charge in [0.25, 0.3) is 0 Å². The number of benzene rings is 3. The largest absolute Gasteiger partial charge is 0.442 e. The van der Waals surface area contributed by atoms with Gasteiger partial charge in [-0.25, -0.2) is 9.78 Å². The second kappa shape index (κ2) is 8.13. The predicted octanol–water partition coefficient (Wildman–Crippen LogP) is 6.60. The van der Waals surface area contributed by atoms with Crippen LogP contribution in [0.3, 0.4) is 0 Å². The summed E-state index contributed by atoms with van der Waals surface area (Å²) >= 11 is 9.32. The molecule has 0 bridgehead atoms. The molecule has 1 aromatic heterocycles. The van der Waals surface area contributed by atoms with Gasteiger partial charge < -0.3 is 4.74 Å². The van der Waals surface area contributed by atoms with Crippen molar-refractivity contribution in [2.24, 2.45) is 0 Å². The van der Waals surface area contributed by atoms with E-state index >= 15 is 0 Å². The lowest BCUT2D eigenvalue weighted by Gasteiger charge is -2.18. The molecule has 4 rings (SSSR count). The van der Waals surface area contributed by atoms with E-state index in [-0.39, 0.29) is 0 Å². The molecular weight excluding hydrogens is 398 g/mol. The molecule has 1 unspecified atom stereocenters. The molecule has 3 aromatic carbocycles. The second-order valence-electron chi connectivity index (χ2n) is 5.69. The lowest BCUT2D eigenvalue weighted by Crippen LogP contribution is -2.09. The Hall–Kier alpha value is -2.34. The van der Waals surface area contributed by atoms with Crippen LogP contribution < -0.4 is 0 Å². The molecule has 0 aliphatic carbocycles. The van der Waals surface area contributed by atoms with Crippen LogP contribution in [-0.2, 0) is 4.74 Å². The van der Waals surface area contributed by atoms with Crippen LogP contribution in [0.1, 0.15) is 21.4 Å². The van der Waals surface area contributed by atoms with E-state index in [1.807, 2.05) is 60.7 Å². The van der Waals surface area contributed by atoms with E-state index < -0.39 is 11.4 Å². The quantitative estimate of drug-likeness (QED) is 0.211. The van der Waals surface area contributed by atoms with Gasteiger partial charge in [-0.15, -0.1) is 11.3 Å². The number of carbonyl (C=O) groups excluding carboxylic acids is 1. The zero-order valence-electron chi connectivity index (χ0n) is 14.0. The topological polar surface area (TPSA) is 39.2 Å². The van der Waals surface area contributed by atoms with Crippen molar-refractivity contribution in [2.45, 2.75) is 9.78 Å². The fourth-order valence-electron chi connectivity index (χ4n) is 2.55. The molecule has 6 heteroatoms. The van der Waals surface area contributed by atoms with Crippen LogP contribution in [0.2, 0.25) is 5.02 Å². The second-order valence-corrected chi connectivity index (χ2v) is 8.44. The molecule has 134 valence electrons. The molecule has 0 radical (unpaired) electrons. The molecule has 1 atom stereocenters. The Bertz CT molecular complexity index is 1050. The first-order valence-corrected chi connectivity index (χ1v) is 10.3. The van der Waals surface area contributed by atoms with E-state index in [0.29, 0.717) is 10.6 Å². The Morgan fingerprint density at radius 1 is 0.963 bits per heavy atom. The van der Waals surface area contributed by atoms with Gasteiger partial charge in [0, 0.05) is 10.6 Å². The number of hydrogen-bond acceptors (Lipinski definition) is 5. The van der Waals surface area contributed by atoms with Crippen LogP contribution in [0.15, 0.2) is 83.2 Å². The number of thioether (sulfide) groups is 1. The molecule has 1 heterocycles. The lowest BCUT2D eigenvalue weighted by molar-refractivity contribution is 0.0457. The average molecular weight is 412 g/mol. The smallest absolute Gasteiger partial charge is 0.339 e. The highest BCUT2D eigenvalue weighted by molar-refractivity contribution is 8.01. The van der Waals surface area contributed by atoms with Crippen molar-refractivity contribution in [3.8, 4) is 0 Å². The first-order valence-electron chi connectivity index (χ1n) is 8.23. The number of fused-ring (bicyclic) bond motifs is 1. The summed E-state index contributed by atoms with van der Waals surface area (Å²) in [6.45, 7) is 0. The summed E-state index contributed by atoms with van der Waals surface area (Å²) in [6.07, 6.45) is 0. The Morgan fingerprint density at radius 2 is 1.67 bits per heavy atom. The molecular formula is C21H14ClNO2S2. The minimum absolute atomic E-state index is 0.394. The molecule has 27 heavy (non-hydrogen) atoms. The van der Waals surface area contributed by atoms with E-state index in [9.17, 15) is 4.79 Å². The van der Waals surface area contributed by atoms with E-state index in [2.05, 4.69) is 4.98 Å². The van der Waals surface area contributed by atoms with Crippen molar-refractivity contribution < 1.29 is 9.53 Å². The lowest BCUT2D eigenvalue weighted by atomic mass is 10.2. The molecule has 0 saturated heterocycles. The molecule has 0 amide bonds. The Kier molecular flexibility index (Phi) is 5.43. The van der Waals surface area contributed by atoms with Gasteiger partial charge in [0.05, 0.1) is 15.8 Å². The number of hydrogen-bond donors (Lipinski definition) is 0. The van der Waals surface area contributed by atoms with Gasteiger partial charge in [0.2, 0.25) is 0 Å². The van der Waals surface area contributed by atoms with Gasteiger partial charge in [-0.3, -0.25) is 0 Å². The highest BCUT2D eigenvalue weighted by Crippen LogP contribution is 2.42. The minimum Gasteiger partial charge on any atom is -0.442 e. The molecule has 4 aromatic rings.